The highest BCUT2D eigenvalue weighted by Gasteiger charge is 2.31. The minimum atomic E-state index is -4.40. The lowest BCUT2D eigenvalue weighted by Gasteiger charge is -2.25. The van der Waals surface area contributed by atoms with E-state index >= 15 is 0 Å². The van der Waals surface area contributed by atoms with Crippen LogP contribution >= 0.6 is 0 Å². The van der Waals surface area contributed by atoms with Gasteiger partial charge in [-0.25, -0.2) is 4.98 Å². The van der Waals surface area contributed by atoms with E-state index < -0.39 is 11.7 Å². The van der Waals surface area contributed by atoms with E-state index in [2.05, 4.69) is 10.3 Å². The van der Waals surface area contributed by atoms with Gasteiger partial charge >= 0.3 is 6.18 Å². The molecule has 1 aromatic carbocycles. The number of aryl methyl sites for hydroxylation is 1. The molecule has 0 bridgehead atoms. The molecule has 8 heteroatoms. The number of rotatable bonds is 3. The van der Waals surface area contributed by atoms with Crippen LogP contribution in [0.1, 0.15) is 37.1 Å². The van der Waals surface area contributed by atoms with Gasteiger partial charge in [0, 0.05) is 19.0 Å². The molecular formula is C17H21F3N4O. The fraction of sp³-hybridized carbons (Fsp3) is 0.529. The van der Waals surface area contributed by atoms with Gasteiger partial charge in [0.2, 0.25) is 5.91 Å². The number of carbonyl (C=O) groups is 1. The van der Waals surface area contributed by atoms with Gasteiger partial charge in [-0.3, -0.25) is 4.79 Å². The van der Waals surface area contributed by atoms with Gasteiger partial charge in [-0.2, -0.15) is 13.2 Å². The number of hydrogen-bond donors (Lipinski definition) is 2. The lowest BCUT2D eigenvalue weighted by atomic mass is 9.85. The van der Waals surface area contributed by atoms with E-state index in [1.165, 1.54) is 6.07 Å². The number of fused-ring (bicyclic) bond motifs is 1. The largest absolute Gasteiger partial charge is 0.416 e. The molecule has 1 saturated carbocycles. The lowest BCUT2D eigenvalue weighted by Crippen LogP contribution is -2.37. The summed E-state index contributed by atoms with van der Waals surface area (Å²) in [5, 5.41) is 2.84. The number of nitrogens with zero attached hydrogens (tertiary/aromatic N) is 2. The van der Waals surface area contributed by atoms with Crippen LogP contribution in [0.3, 0.4) is 0 Å². The van der Waals surface area contributed by atoms with Crippen LogP contribution in [0.5, 0.6) is 0 Å². The smallest absolute Gasteiger partial charge is 0.349 e. The Hall–Kier alpha value is -2.09. The average molecular weight is 354 g/mol. The van der Waals surface area contributed by atoms with Gasteiger partial charge in [0.1, 0.15) is 5.82 Å². The third kappa shape index (κ3) is 3.78. The number of alkyl halides is 3. The molecule has 3 N–H and O–H groups in total. The highest BCUT2D eigenvalue weighted by atomic mass is 19.4. The summed E-state index contributed by atoms with van der Waals surface area (Å²) in [6.45, 7) is 0.178. The van der Waals surface area contributed by atoms with E-state index in [1.807, 2.05) is 0 Å². The minimum Gasteiger partial charge on any atom is -0.349 e. The Kier molecular flexibility index (Phi) is 4.73. The Morgan fingerprint density at radius 3 is 2.84 bits per heavy atom. The first-order chi connectivity index (χ1) is 11.8. The number of amides is 1. The molecule has 0 aliphatic heterocycles. The first-order valence-electron chi connectivity index (χ1n) is 8.31. The predicted molar refractivity (Wildman–Crippen MR) is 87.5 cm³/mol. The number of nitrogens with one attached hydrogen (secondary N) is 1. The zero-order chi connectivity index (χ0) is 18.2. The van der Waals surface area contributed by atoms with Crippen LogP contribution in [0.4, 0.5) is 13.2 Å². The van der Waals surface area contributed by atoms with E-state index in [1.54, 1.807) is 11.6 Å². The molecule has 1 fully saturated rings. The third-order valence-electron chi connectivity index (χ3n) is 4.81. The van der Waals surface area contributed by atoms with Crippen molar-refractivity contribution in [3.8, 4) is 0 Å². The molecular weight excluding hydrogens is 333 g/mol. The maximum Gasteiger partial charge on any atom is 0.416 e. The summed E-state index contributed by atoms with van der Waals surface area (Å²) in [5.41, 5.74) is 6.03. The number of aromatic nitrogens is 2. The zero-order valence-corrected chi connectivity index (χ0v) is 13.9. The molecule has 0 radical (unpaired) electrons. The number of halogens is 3. The molecule has 2 aromatic rings. The second-order valence-electron chi connectivity index (χ2n) is 6.63. The number of hydrogen-bond acceptors (Lipinski definition) is 3. The Morgan fingerprint density at radius 2 is 2.16 bits per heavy atom. The molecule has 3 rings (SSSR count). The summed E-state index contributed by atoms with van der Waals surface area (Å²) in [6, 6.07) is 3.52. The van der Waals surface area contributed by atoms with Crippen molar-refractivity contribution >= 4 is 16.9 Å². The first-order valence-corrected chi connectivity index (χ1v) is 8.31. The molecule has 0 spiro atoms. The molecule has 136 valence electrons. The summed E-state index contributed by atoms with van der Waals surface area (Å²) in [4.78, 5) is 16.5. The van der Waals surface area contributed by atoms with Crippen LogP contribution in [-0.4, -0.2) is 21.5 Å². The summed E-state index contributed by atoms with van der Waals surface area (Å²) < 4.78 is 40.1. The average Bonchev–Trinajstić information content (AvgIpc) is 2.87. The van der Waals surface area contributed by atoms with Gasteiger partial charge in [0.15, 0.2) is 0 Å². The van der Waals surface area contributed by atoms with Crippen molar-refractivity contribution < 1.29 is 18.0 Å². The molecule has 25 heavy (non-hydrogen) atoms. The minimum absolute atomic E-state index is 0.0565. The van der Waals surface area contributed by atoms with Gasteiger partial charge in [-0.1, -0.05) is 6.42 Å². The highest BCUT2D eigenvalue weighted by molar-refractivity contribution is 5.79. The maximum absolute atomic E-state index is 12.8. The van der Waals surface area contributed by atoms with Crippen LogP contribution in [0.2, 0.25) is 0 Å². The van der Waals surface area contributed by atoms with E-state index in [4.69, 9.17) is 5.73 Å². The third-order valence-corrected chi connectivity index (χ3v) is 4.81. The van der Waals surface area contributed by atoms with Crippen molar-refractivity contribution in [2.24, 2.45) is 18.7 Å². The Morgan fingerprint density at radius 1 is 1.40 bits per heavy atom. The van der Waals surface area contributed by atoms with Crippen LogP contribution < -0.4 is 11.1 Å². The molecule has 0 saturated heterocycles. The van der Waals surface area contributed by atoms with Crippen molar-refractivity contribution in [2.45, 2.75) is 44.4 Å². The van der Waals surface area contributed by atoms with Gasteiger partial charge in [-0.05, 0) is 37.5 Å². The molecule has 1 aliphatic rings. The summed E-state index contributed by atoms with van der Waals surface area (Å²) in [6.07, 6.45) is -1.04. The first kappa shape index (κ1) is 17.7. The Balaban J connectivity index is 1.73. The van der Waals surface area contributed by atoms with Crippen LogP contribution in [-0.2, 0) is 24.6 Å². The lowest BCUT2D eigenvalue weighted by molar-refractivity contribution is -0.137. The fourth-order valence-corrected chi connectivity index (χ4v) is 3.36. The van der Waals surface area contributed by atoms with Gasteiger partial charge in [0.05, 0.1) is 23.1 Å². The van der Waals surface area contributed by atoms with Crippen LogP contribution in [0, 0.1) is 5.92 Å². The summed E-state index contributed by atoms with van der Waals surface area (Å²) >= 11 is 0. The number of nitrogens with two attached hydrogens (primary N) is 1. The second-order valence-corrected chi connectivity index (χ2v) is 6.63. The second kappa shape index (κ2) is 6.67. The monoisotopic (exact) mass is 354 g/mol. The van der Waals surface area contributed by atoms with E-state index in [0.29, 0.717) is 17.8 Å². The quantitative estimate of drug-likeness (QED) is 0.890. The standard InChI is InChI=1S/C17H21F3N4O/c1-24-14-6-5-11(17(18,19)20)8-13(14)23-15(24)9-22-16(25)10-3-2-4-12(21)7-10/h5-6,8,10,12H,2-4,7,9,21H2,1H3,(H,22,25). The summed E-state index contributed by atoms with van der Waals surface area (Å²) in [7, 11) is 1.72. The molecule has 5 nitrogen and oxygen atoms in total. The van der Waals surface area contributed by atoms with Crippen molar-refractivity contribution in [3.63, 3.8) is 0 Å². The van der Waals surface area contributed by atoms with Crippen molar-refractivity contribution in [1.29, 1.82) is 0 Å². The normalized spacial score (nSPS) is 21.5. The molecule has 2 atom stereocenters. The molecule has 1 aliphatic carbocycles. The zero-order valence-electron chi connectivity index (χ0n) is 13.9. The Bertz CT molecular complexity index is 784. The maximum atomic E-state index is 12.8. The Labute approximate surface area is 143 Å². The molecule has 2 unspecified atom stereocenters. The number of benzene rings is 1. The highest BCUT2D eigenvalue weighted by Crippen LogP contribution is 2.31. The van der Waals surface area contributed by atoms with E-state index in [9.17, 15) is 18.0 Å². The van der Waals surface area contributed by atoms with Crippen molar-refractivity contribution in [3.05, 3.63) is 29.6 Å². The predicted octanol–water partition coefficient (Wildman–Crippen LogP) is 2.73. The van der Waals surface area contributed by atoms with Crippen LogP contribution in [0.15, 0.2) is 18.2 Å². The number of carbonyl (C=O) groups excluding carboxylic acids is 1. The molecule has 1 amide bonds. The van der Waals surface area contributed by atoms with Crippen molar-refractivity contribution in [2.75, 3.05) is 0 Å². The summed E-state index contributed by atoms with van der Waals surface area (Å²) in [5.74, 6) is 0.344. The topological polar surface area (TPSA) is 72.9 Å². The molecule has 1 aromatic heterocycles. The molecule has 1 heterocycles. The fourth-order valence-electron chi connectivity index (χ4n) is 3.36. The van der Waals surface area contributed by atoms with Gasteiger partial charge < -0.3 is 15.6 Å². The van der Waals surface area contributed by atoms with Crippen LogP contribution in [0.25, 0.3) is 11.0 Å². The SMILES string of the molecule is Cn1c(CNC(=O)C2CCCC(N)C2)nc2cc(C(F)(F)F)ccc21. The van der Waals surface area contributed by atoms with Crippen molar-refractivity contribution in [1.82, 2.24) is 14.9 Å². The number of imidazole rings is 1. The van der Waals surface area contributed by atoms with Gasteiger partial charge in [0.25, 0.3) is 0 Å². The van der Waals surface area contributed by atoms with E-state index in [0.717, 1.165) is 31.4 Å². The van der Waals surface area contributed by atoms with E-state index in [-0.39, 0.29) is 29.9 Å². The van der Waals surface area contributed by atoms with Gasteiger partial charge in [-0.15, -0.1) is 0 Å².